The van der Waals surface area contributed by atoms with Crippen LogP contribution in [0.1, 0.15) is 5.56 Å². The minimum absolute atomic E-state index is 0.0403. The highest BCUT2D eigenvalue weighted by Gasteiger charge is 2.22. The Bertz CT molecular complexity index is 1420. The second-order valence-electron chi connectivity index (χ2n) is 7.26. The van der Waals surface area contributed by atoms with Crippen molar-refractivity contribution in [3.05, 3.63) is 72.3 Å². The van der Waals surface area contributed by atoms with E-state index in [0.29, 0.717) is 41.6 Å². The first-order valence-electron chi connectivity index (χ1n) is 10.0. The number of benzene rings is 3. The zero-order valence-corrected chi connectivity index (χ0v) is 18.0. The molecule has 0 fully saturated rings. The molecule has 0 amide bonds. The van der Waals surface area contributed by atoms with Gasteiger partial charge in [-0.2, -0.15) is 0 Å². The molecule has 1 aromatic heterocycles. The number of fused-ring (bicyclic) bond motifs is 2. The molecule has 162 valence electrons. The van der Waals surface area contributed by atoms with E-state index in [-0.39, 0.29) is 10.7 Å². The van der Waals surface area contributed by atoms with Gasteiger partial charge in [0.2, 0.25) is 0 Å². The average Bonchev–Trinajstić information content (AvgIpc) is 2.80. The fraction of sp³-hybridized carbons (Fsp3) is 0.130. The summed E-state index contributed by atoms with van der Waals surface area (Å²) in [6.07, 6.45) is 0. The van der Waals surface area contributed by atoms with Crippen molar-refractivity contribution in [3.8, 4) is 11.5 Å². The Hall–Kier alpha value is -3.85. The SMILES string of the molecule is Cc1ccccc1Nc1nc2ccccc2nc1NS(=O)(=O)c1ccc2c(c1)OCCO2. The van der Waals surface area contributed by atoms with E-state index >= 15 is 0 Å². The molecule has 0 atom stereocenters. The van der Waals surface area contributed by atoms with Gasteiger partial charge in [-0.3, -0.25) is 4.72 Å². The van der Waals surface area contributed by atoms with Crippen LogP contribution in [0.4, 0.5) is 17.3 Å². The molecular weight excluding hydrogens is 428 g/mol. The number of para-hydroxylation sites is 3. The van der Waals surface area contributed by atoms with Crippen LogP contribution >= 0.6 is 0 Å². The standard InChI is InChI=1S/C23H20N4O4S/c1-15-6-2-3-7-17(15)24-22-23(26-19-9-5-4-8-18(19)25-22)27-32(28,29)16-10-11-20-21(14-16)31-13-12-30-20/h2-11,14H,12-13H2,1H3,(H,24,25)(H,26,27). The molecule has 0 saturated heterocycles. The summed E-state index contributed by atoms with van der Waals surface area (Å²) in [4.78, 5) is 9.18. The van der Waals surface area contributed by atoms with Crippen LogP contribution in [0.15, 0.2) is 71.6 Å². The lowest BCUT2D eigenvalue weighted by Gasteiger charge is -2.19. The topological polar surface area (TPSA) is 102 Å². The molecule has 8 nitrogen and oxygen atoms in total. The molecule has 0 spiro atoms. The van der Waals surface area contributed by atoms with Gasteiger partial charge >= 0.3 is 0 Å². The van der Waals surface area contributed by atoms with E-state index in [1.54, 1.807) is 12.1 Å². The zero-order valence-electron chi connectivity index (χ0n) is 17.2. The number of rotatable bonds is 5. The van der Waals surface area contributed by atoms with E-state index in [1.165, 1.54) is 12.1 Å². The summed E-state index contributed by atoms with van der Waals surface area (Å²) < 4.78 is 40.0. The highest BCUT2D eigenvalue weighted by Crippen LogP contribution is 2.34. The van der Waals surface area contributed by atoms with E-state index in [4.69, 9.17) is 9.47 Å². The minimum Gasteiger partial charge on any atom is -0.486 e. The largest absolute Gasteiger partial charge is 0.486 e. The number of aryl methyl sites for hydroxylation is 1. The smallest absolute Gasteiger partial charge is 0.263 e. The zero-order chi connectivity index (χ0) is 22.1. The van der Waals surface area contributed by atoms with Crippen LogP contribution in [-0.2, 0) is 10.0 Å². The third-order valence-electron chi connectivity index (χ3n) is 5.02. The van der Waals surface area contributed by atoms with Crippen molar-refractivity contribution in [1.82, 2.24) is 9.97 Å². The van der Waals surface area contributed by atoms with Gasteiger partial charge in [0.1, 0.15) is 13.2 Å². The second kappa shape index (κ2) is 8.01. The Labute approximate surface area is 185 Å². The average molecular weight is 449 g/mol. The van der Waals surface area contributed by atoms with Crippen LogP contribution < -0.4 is 19.5 Å². The third-order valence-corrected chi connectivity index (χ3v) is 6.36. The van der Waals surface area contributed by atoms with Crippen molar-refractivity contribution < 1.29 is 17.9 Å². The highest BCUT2D eigenvalue weighted by molar-refractivity contribution is 7.92. The molecule has 1 aliphatic rings. The van der Waals surface area contributed by atoms with Crippen LogP contribution in [0, 0.1) is 6.92 Å². The van der Waals surface area contributed by atoms with Gasteiger partial charge in [0.25, 0.3) is 10.0 Å². The van der Waals surface area contributed by atoms with Gasteiger partial charge in [-0.15, -0.1) is 0 Å². The van der Waals surface area contributed by atoms with E-state index in [2.05, 4.69) is 20.0 Å². The summed E-state index contributed by atoms with van der Waals surface area (Å²) in [5, 5.41) is 3.21. The molecule has 0 unspecified atom stereocenters. The first-order valence-corrected chi connectivity index (χ1v) is 11.5. The summed E-state index contributed by atoms with van der Waals surface area (Å²) in [5.74, 6) is 1.31. The molecular formula is C23H20N4O4S. The number of hydrogen-bond donors (Lipinski definition) is 2. The van der Waals surface area contributed by atoms with Crippen LogP contribution in [0.2, 0.25) is 0 Å². The van der Waals surface area contributed by atoms with Gasteiger partial charge in [0.05, 0.1) is 15.9 Å². The number of ether oxygens (including phenoxy) is 2. The first kappa shape index (κ1) is 20.1. The Morgan fingerprint density at radius 2 is 1.47 bits per heavy atom. The number of sulfonamides is 1. The number of nitrogens with one attached hydrogen (secondary N) is 2. The van der Waals surface area contributed by atoms with Gasteiger partial charge in [0, 0.05) is 11.8 Å². The lowest BCUT2D eigenvalue weighted by molar-refractivity contribution is 0.171. The highest BCUT2D eigenvalue weighted by atomic mass is 32.2. The van der Waals surface area contributed by atoms with Crippen molar-refractivity contribution >= 4 is 38.4 Å². The van der Waals surface area contributed by atoms with Gasteiger partial charge in [-0.1, -0.05) is 30.3 Å². The fourth-order valence-corrected chi connectivity index (χ4v) is 4.40. The number of nitrogens with zero attached hydrogens (tertiary/aromatic N) is 2. The molecule has 0 radical (unpaired) electrons. The van der Waals surface area contributed by atoms with Crippen molar-refractivity contribution in [2.75, 3.05) is 23.3 Å². The lowest BCUT2D eigenvalue weighted by atomic mass is 10.2. The van der Waals surface area contributed by atoms with Crippen molar-refractivity contribution in [2.24, 2.45) is 0 Å². The third kappa shape index (κ3) is 3.90. The molecule has 0 bridgehead atoms. The van der Waals surface area contributed by atoms with Gasteiger partial charge in [-0.25, -0.2) is 18.4 Å². The number of hydrogen-bond acceptors (Lipinski definition) is 7. The Morgan fingerprint density at radius 1 is 0.812 bits per heavy atom. The van der Waals surface area contributed by atoms with Gasteiger partial charge in [0.15, 0.2) is 23.1 Å². The van der Waals surface area contributed by atoms with E-state index in [0.717, 1.165) is 11.3 Å². The van der Waals surface area contributed by atoms with Gasteiger partial charge in [-0.05, 0) is 42.8 Å². The quantitative estimate of drug-likeness (QED) is 0.470. The fourth-order valence-electron chi connectivity index (χ4n) is 3.38. The lowest BCUT2D eigenvalue weighted by Crippen LogP contribution is -2.18. The first-order chi connectivity index (χ1) is 15.5. The minimum atomic E-state index is -3.97. The molecule has 2 heterocycles. The molecule has 0 saturated carbocycles. The predicted molar refractivity (Wildman–Crippen MR) is 122 cm³/mol. The number of aromatic nitrogens is 2. The molecule has 9 heteroatoms. The van der Waals surface area contributed by atoms with Crippen LogP contribution in [0.5, 0.6) is 11.5 Å². The van der Waals surface area contributed by atoms with Crippen LogP contribution in [0.25, 0.3) is 11.0 Å². The maximum Gasteiger partial charge on any atom is 0.263 e. The molecule has 2 N–H and O–H groups in total. The number of anilines is 3. The Kier molecular flexibility index (Phi) is 5.02. The Morgan fingerprint density at radius 3 is 2.22 bits per heavy atom. The predicted octanol–water partition coefficient (Wildman–Crippen LogP) is 4.25. The monoisotopic (exact) mass is 448 g/mol. The van der Waals surface area contributed by atoms with E-state index in [9.17, 15) is 8.42 Å². The van der Waals surface area contributed by atoms with Crippen molar-refractivity contribution in [2.45, 2.75) is 11.8 Å². The van der Waals surface area contributed by atoms with Crippen molar-refractivity contribution in [1.29, 1.82) is 0 Å². The van der Waals surface area contributed by atoms with Crippen molar-refractivity contribution in [3.63, 3.8) is 0 Å². The van der Waals surface area contributed by atoms with E-state index < -0.39 is 10.0 Å². The maximum absolute atomic E-state index is 13.2. The molecule has 3 aromatic carbocycles. The van der Waals surface area contributed by atoms with E-state index in [1.807, 2.05) is 49.4 Å². The molecule has 5 rings (SSSR count). The molecule has 1 aliphatic heterocycles. The second-order valence-corrected chi connectivity index (χ2v) is 8.94. The summed E-state index contributed by atoms with van der Waals surface area (Å²) >= 11 is 0. The summed E-state index contributed by atoms with van der Waals surface area (Å²) in [5.41, 5.74) is 3.01. The summed E-state index contributed by atoms with van der Waals surface area (Å²) in [6.45, 7) is 2.75. The molecule has 32 heavy (non-hydrogen) atoms. The molecule has 4 aromatic rings. The normalized spacial score (nSPS) is 13.0. The summed E-state index contributed by atoms with van der Waals surface area (Å²) in [6, 6.07) is 19.5. The van der Waals surface area contributed by atoms with Crippen LogP contribution in [0.3, 0.4) is 0 Å². The summed E-state index contributed by atoms with van der Waals surface area (Å²) in [7, 11) is -3.97. The van der Waals surface area contributed by atoms with Crippen LogP contribution in [-0.4, -0.2) is 31.6 Å². The Balaban J connectivity index is 1.56. The maximum atomic E-state index is 13.2. The van der Waals surface area contributed by atoms with Gasteiger partial charge < -0.3 is 14.8 Å². The molecule has 0 aliphatic carbocycles.